The number of nitrogens with one attached hydrogen (secondary N) is 1. The molecule has 1 amide bonds. The number of nitrogens with zero attached hydrogens (tertiary/aromatic N) is 4. The SMILES string of the molecule is O=C(Cc1ccccc1Cl)N1CCN(c2cc(-c3cccnc3)[nH]n2)CC1. The van der Waals surface area contributed by atoms with Crippen molar-refractivity contribution in [1.29, 1.82) is 0 Å². The molecule has 1 aliphatic rings. The van der Waals surface area contributed by atoms with Gasteiger partial charge in [-0.1, -0.05) is 29.8 Å². The zero-order valence-corrected chi connectivity index (χ0v) is 15.6. The van der Waals surface area contributed by atoms with E-state index in [9.17, 15) is 4.79 Å². The van der Waals surface area contributed by atoms with E-state index in [0.29, 0.717) is 24.5 Å². The number of carbonyl (C=O) groups excluding carboxylic acids is 1. The van der Waals surface area contributed by atoms with Crippen LogP contribution >= 0.6 is 11.6 Å². The number of rotatable bonds is 4. The summed E-state index contributed by atoms with van der Waals surface area (Å²) in [5.41, 5.74) is 2.82. The highest BCUT2D eigenvalue weighted by atomic mass is 35.5. The summed E-state index contributed by atoms with van der Waals surface area (Å²) in [7, 11) is 0. The van der Waals surface area contributed by atoms with E-state index in [1.165, 1.54) is 0 Å². The third-order valence-corrected chi connectivity index (χ3v) is 5.16. The van der Waals surface area contributed by atoms with Crippen LogP contribution in [0.3, 0.4) is 0 Å². The van der Waals surface area contributed by atoms with E-state index in [-0.39, 0.29) is 5.91 Å². The number of amides is 1. The van der Waals surface area contributed by atoms with Crippen molar-refractivity contribution >= 4 is 23.3 Å². The molecule has 0 atom stereocenters. The van der Waals surface area contributed by atoms with Gasteiger partial charge in [-0.25, -0.2) is 0 Å². The maximum absolute atomic E-state index is 12.6. The van der Waals surface area contributed by atoms with Crippen molar-refractivity contribution in [3.63, 3.8) is 0 Å². The topological polar surface area (TPSA) is 65.1 Å². The van der Waals surface area contributed by atoms with Crippen molar-refractivity contribution < 1.29 is 4.79 Å². The molecule has 0 aliphatic carbocycles. The Morgan fingerprint density at radius 1 is 1.11 bits per heavy atom. The lowest BCUT2D eigenvalue weighted by atomic mass is 10.1. The summed E-state index contributed by atoms with van der Waals surface area (Å²) in [5, 5.41) is 8.13. The van der Waals surface area contributed by atoms with E-state index < -0.39 is 0 Å². The molecule has 4 rings (SSSR count). The number of pyridine rings is 1. The highest BCUT2D eigenvalue weighted by Gasteiger charge is 2.23. The first-order valence-corrected chi connectivity index (χ1v) is 9.30. The number of anilines is 1. The summed E-state index contributed by atoms with van der Waals surface area (Å²) in [6.45, 7) is 2.87. The Bertz CT molecular complexity index is 919. The number of benzene rings is 1. The summed E-state index contributed by atoms with van der Waals surface area (Å²) in [4.78, 5) is 20.8. The van der Waals surface area contributed by atoms with Gasteiger partial charge in [-0.15, -0.1) is 0 Å². The van der Waals surface area contributed by atoms with Crippen molar-refractivity contribution in [1.82, 2.24) is 20.1 Å². The smallest absolute Gasteiger partial charge is 0.227 e. The molecule has 1 fully saturated rings. The molecular weight excluding hydrogens is 362 g/mol. The second kappa shape index (κ2) is 7.80. The molecule has 1 saturated heterocycles. The second-order valence-electron chi connectivity index (χ2n) is 6.52. The molecule has 7 heteroatoms. The highest BCUT2D eigenvalue weighted by Crippen LogP contribution is 2.22. The fraction of sp³-hybridized carbons (Fsp3) is 0.250. The first kappa shape index (κ1) is 17.5. The lowest BCUT2D eigenvalue weighted by molar-refractivity contribution is -0.130. The average Bonchev–Trinajstić information content (AvgIpc) is 3.21. The Labute approximate surface area is 162 Å². The van der Waals surface area contributed by atoms with Crippen molar-refractivity contribution in [2.45, 2.75) is 6.42 Å². The molecule has 2 aromatic heterocycles. The molecule has 0 radical (unpaired) electrons. The Morgan fingerprint density at radius 2 is 1.93 bits per heavy atom. The standard InChI is InChI=1S/C20H20ClN5O/c21-17-6-2-1-4-15(17)12-20(27)26-10-8-25(9-11-26)19-13-18(23-24-19)16-5-3-7-22-14-16/h1-7,13-14H,8-12H2,(H,23,24). The first-order valence-electron chi connectivity index (χ1n) is 8.92. The fourth-order valence-electron chi connectivity index (χ4n) is 3.24. The van der Waals surface area contributed by atoms with Gasteiger partial charge in [0.05, 0.1) is 12.1 Å². The largest absolute Gasteiger partial charge is 0.352 e. The molecule has 0 unspecified atom stereocenters. The molecule has 6 nitrogen and oxygen atoms in total. The first-order chi connectivity index (χ1) is 13.2. The number of H-pyrrole nitrogens is 1. The van der Waals surface area contributed by atoms with Gasteiger partial charge in [-0.2, -0.15) is 5.10 Å². The number of piperazine rings is 1. The third-order valence-electron chi connectivity index (χ3n) is 4.79. The zero-order chi connectivity index (χ0) is 18.6. The van der Waals surface area contributed by atoms with Gasteiger partial charge in [0, 0.05) is 55.2 Å². The summed E-state index contributed by atoms with van der Waals surface area (Å²) in [5.74, 6) is 1.01. The van der Waals surface area contributed by atoms with E-state index in [1.54, 1.807) is 6.20 Å². The van der Waals surface area contributed by atoms with Crippen LogP contribution in [-0.4, -0.2) is 52.2 Å². The van der Waals surface area contributed by atoms with Crippen molar-refractivity contribution in [3.8, 4) is 11.3 Å². The Morgan fingerprint density at radius 3 is 2.67 bits per heavy atom. The predicted octanol–water partition coefficient (Wildman–Crippen LogP) is 3.02. The van der Waals surface area contributed by atoms with Crippen molar-refractivity contribution in [2.24, 2.45) is 0 Å². The molecule has 1 N–H and O–H groups in total. The minimum atomic E-state index is 0.112. The monoisotopic (exact) mass is 381 g/mol. The molecule has 0 spiro atoms. The quantitative estimate of drug-likeness (QED) is 0.754. The van der Waals surface area contributed by atoms with E-state index in [2.05, 4.69) is 20.1 Å². The lowest BCUT2D eigenvalue weighted by Gasteiger charge is -2.34. The van der Waals surface area contributed by atoms with Gasteiger partial charge in [0.25, 0.3) is 0 Å². The van der Waals surface area contributed by atoms with Crippen molar-refractivity contribution in [2.75, 3.05) is 31.1 Å². The molecule has 1 aliphatic heterocycles. The summed E-state index contributed by atoms with van der Waals surface area (Å²) >= 11 is 6.17. The van der Waals surface area contributed by atoms with Gasteiger partial charge in [-0.3, -0.25) is 14.9 Å². The van der Waals surface area contributed by atoms with Gasteiger partial charge < -0.3 is 9.80 Å². The van der Waals surface area contributed by atoms with Crippen LogP contribution < -0.4 is 4.90 Å². The number of hydrogen-bond donors (Lipinski definition) is 1. The van der Waals surface area contributed by atoms with Crippen LogP contribution in [0.4, 0.5) is 5.82 Å². The Hall–Kier alpha value is -2.86. The number of halogens is 1. The fourth-order valence-corrected chi connectivity index (χ4v) is 3.45. The average molecular weight is 382 g/mol. The van der Waals surface area contributed by atoms with Crippen LogP contribution in [0.5, 0.6) is 0 Å². The molecule has 138 valence electrons. The number of carbonyl (C=O) groups is 1. The number of hydrogen-bond acceptors (Lipinski definition) is 4. The Balaban J connectivity index is 1.36. The van der Waals surface area contributed by atoms with E-state index in [4.69, 9.17) is 11.6 Å². The van der Waals surface area contributed by atoms with Gasteiger partial charge in [0.15, 0.2) is 5.82 Å². The predicted molar refractivity (Wildman–Crippen MR) is 106 cm³/mol. The maximum Gasteiger partial charge on any atom is 0.227 e. The third kappa shape index (κ3) is 3.95. The van der Waals surface area contributed by atoms with E-state index in [0.717, 1.165) is 35.7 Å². The van der Waals surface area contributed by atoms with Crippen LogP contribution in [0.15, 0.2) is 54.9 Å². The molecule has 0 saturated carbocycles. The van der Waals surface area contributed by atoms with Gasteiger partial charge in [-0.05, 0) is 23.8 Å². The van der Waals surface area contributed by atoms with Crippen molar-refractivity contribution in [3.05, 3.63) is 65.4 Å². The molecule has 1 aromatic carbocycles. The molecular formula is C20H20ClN5O. The minimum Gasteiger partial charge on any atom is -0.352 e. The molecule has 0 bridgehead atoms. The second-order valence-corrected chi connectivity index (χ2v) is 6.92. The van der Waals surface area contributed by atoms with Gasteiger partial charge in [0.2, 0.25) is 5.91 Å². The lowest BCUT2D eigenvalue weighted by Crippen LogP contribution is -2.49. The summed E-state index contributed by atoms with van der Waals surface area (Å²) < 4.78 is 0. The number of aromatic nitrogens is 3. The van der Waals surface area contributed by atoms with Crippen LogP contribution in [0, 0.1) is 0 Å². The summed E-state index contributed by atoms with van der Waals surface area (Å²) in [6.07, 6.45) is 3.90. The molecule has 3 aromatic rings. The van der Waals surface area contributed by atoms with E-state index in [1.807, 2.05) is 53.6 Å². The van der Waals surface area contributed by atoms with Crippen LogP contribution in [-0.2, 0) is 11.2 Å². The van der Waals surface area contributed by atoms with E-state index >= 15 is 0 Å². The highest BCUT2D eigenvalue weighted by molar-refractivity contribution is 6.31. The van der Waals surface area contributed by atoms with Crippen LogP contribution in [0.2, 0.25) is 5.02 Å². The van der Waals surface area contributed by atoms with Gasteiger partial charge in [0.1, 0.15) is 0 Å². The summed E-state index contributed by atoms with van der Waals surface area (Å²) in [6, 6.07) is 13.4. The minimum absolute atomic E-state index is 0.112. The van der Waals surface area contributed by atoms with Gasteiger partial charge >= 0.3 is 0 Å². The maximum atomic E-state index is 12.6. The number of aromatic amines is 1. The zero-order valence-electron chi connectivity index (χ0n) is 14.8. The normalized spacial score (nSPS) is 14.4. The van der Waals surface area contributed by atoms with Crippen LogP contribution in [0.25, 0.3) is 11.3 Å². The Kier molecular flexibility index (Phi) is 5.07. The molecule has 27 heavy (non-hydrogen) atoms. The molecule has 3 heterocycles. The van der Waals surface area contributed by atoms with Crippen LogP contribution in [0.1, 0.15) is 5.56 Å².